The maximum atomic E-state index is 11.4. The lowest BCUT2D eigenvalue weighted by molar-refractivity contribution is -0.142. The van der Waals surface area contributed by atoms with Gasteiger partial charge in [-0.05, 0) is 60.6 Å². The van der Waals surface area contributed by atoms with Crippen LogP contribution in [0.15, 0.2) is 47.4 Å². The molecule has 5 heteroatoms. The number of thioether (sulfide) groups is 1. The fourth-order valence-electron chi connectivity index (χ4n) is 5.85. The van der Waals surface area contributed by atoms with Crippen molar-refractivity contribution in [3.63, 3.8) is 0 Å². The highest BCUT2D eigenvalue weighted by Crippen LogP contribution is 2.52. The molecule has 2 aromatic carbocycles. The summed E-state index contributed by atoms with van der Waals surface area (Å²) in [5, 5.41) is 29.2. The maximum Gasteiger partial charge on any atom is 0.306 e. The number of unbranched alkanes of at least 4 members (excludes halogenated alkanes) is 8. The van der Waals surface area contributed by atoms with Crippen LogP contribution in [0.3, 0.4) is 0 Å². The van der Waals surface area contributed by atoms with E-state index in [1.807, 2.05) is 23.9 Å². The lowest BCUT2D eigenvalue weighted by atomic mass is 9.68. The van der Waals surface area contributed by atoms with Crippen molar-refractivity contribution in [1.29, 1.82) is 0 Å². The second-order valence-electron chi connectivity index (χ2n) is 11.1. The summed E-state index contributed by atoms with van der Waals surface area (Å²) in [6.45, 7) is 4.47. The third-order valence-electron chi connectivity index (χ3n) is 8.25. The van der Waals surface area contributed by atoms with Gasteiger partial charge in [-0.25, -0.2) is 0 Å². The third kappa shape index (κ3) is 8.43. The first-order valence-corrected chi connectivity index (χ1v) is 15.3. The Morgan fingerprint density at radius 3 is 2.14 bits per heavy atom. The lowest BCUT2D eigenvalue weighted by Gasteiger charge is -2.43. The number of phenolic OH excluding ortho intramolecular Hbond substituents is 2. The zero-order chi connectivity index (χ0) is 26.7. The molecule has 0 aromatic heterocycles. The van der Waals surface area contributed by atoms with E-state index in [2.05, 4.69) is 32.0 Å². The standard InChI is InChI=1S/C32H46O4S/c1-3-4-13-24(31(35)36)14-11-9-7-5-6-8-10-12-15-29-28-21-20-27(34)22-30(28)37-23-32(29,2)25-16-18-26(33)19-17-25/h16-22,24,29,33-34H,3-15,23H2,1-2H3,(H,35,36). The third-order valence-corrected chi connectivity index (χ3v) is 9.66. The van der Waals surface area contributed by atoms with Crippen LogP contribution in [0.2, 0.25) is 0 Å². The van der Waals surface area contributed by atoms with E-state index >= 15 is 0 Å². The summed E-state index contributed by atoms with van der Waals surface area (Å²) < 4.78 is 0. The molecule has 3 unspecified atom stereocenters. The molecule has 3 atom stereocenters. The van der Waals surface area contributed by atoms with Gasteiger partial charge in [0.2, 0.25) is 0 Å². The second-order valence-corrected chi connectivity index (χ2v) is 12.1. The van der Waals surface area contributed by atoms with Crippen LogP contribution in [0, 0.1) is 5.92 Å². The number of benzene rings is 2. The predicted molar refractivity (Wildman–Crippen MR) is 154 cm³/mol. The van der Waals surface area contributed by atoms with Crippen molar-refractivity contribution in [2.24, 2.45) is 5.92 Å². The molecule has 0 bridgehead atoms. The molecule has 2 aromatic rings. The zero-order valence-corrected chi connectivity index (χ0v) is 23.6. The van der Waals surface area contributed by atoms with Gasteiger partial charge in [-0.2, -0.15) is 0 Å². The fraction of sp³-hybridized carbons (Fsp3) is 0.594. The minimum Gasteiger partial charge on any atom is -0.508 e. The van der Waals surface area contributed by atoms with Crippen LogP contribution in [0.5, 0.6) is 11.5 Å². The molecule has 1 aliphatic heterocycles. The van der Waals surface area contributed by atoms with E-state index in [0.29, 0.717) is 17.4 Å². The van der Waals surface area contributed by atoms with E-state index in [1.54, 1.807) is 12.1 Å². The smallest absolute Gasteiger partial charge is 0.306 e. The van der Waals surface area contributed by atoms with Crippen molar-refractivity contribution in [3.8, 4) is 11.5 Å². The van der Waals surface area contributed by atoms with Crippen LogP contribution in [-0.2, 0) is 10.2 Å². The van der Waals surface area contributed by atoms with E-state index in [0.717, 1.165) is 50.7 Å². The monoisotopic (exact) mass is 526 g/mol. The second kappa shape index (κ2) is 14.7. The number of rotatable bonds is 16. The molecule has 0 radical (unpaired) electrons. The summed E-state index contributed by atoms with van der Waals surface area (Å²) in [5.74, 6) is 1.20. The first-order chi connectivity index (χ1) is 17.8. The number of phenols is 2. The van der Waals surface area contributed by atoms with E-state index in [1.165, 1.54) is 54.5 Å². The van der Waals surface area contributed by atoms with Crippen molar-refractivity contribution in [3.05, 3.63) is 53.6 Å². The highest BCUT2D eigenvalue weighted by atomic mass is 32.2. The van der Waals surface area contributed by atoms with Gasteiger partial charge >= 0.3 is 5.97 Å². The highest BCUT2D eigenvalue weighted by molar-refractivity contribution is 7.99. The van der Waals surface area contributed by atoms with Gasteiger partial charge in [-0.3, -0.25) is 4.79 Å². The Bertz CT molecular complexity index is 973. The molecule has 0 amide bonds. The molecule has 4 nitrogen and oxygen atoms in total. The topological polar surface area (TPSA) is 77.8 Å². The van der Waals surface area contributed by atoms with Gasteiger partial charge in [0.25, 0.3) is 0 Å². The molecular formula is C32H46O4S. The van der Waals surface area contributed by atoms with Crippen LogP contribution in [0.25, 0.3) is 0 Å². The summed E-state index contributed by atoms with van der Waals surface area (Å²) in [5.41, 5.74) is 2.58. The van der Waals surface area contributed by atoms with E-state index in [4.69, 9.17) is 0 Å². The van der Waals surface area contributed by atoms with Crippen LogP contribution < -0.4 is 0 Å². The number of hydrogen-bond acceptors (Lipinski definition) is 4. The van der Waals surface area contributed by atoms with Gasteiger partial charge in [0.1, 0.15) is 11.5 Å². The molecule has 0 fully saturated rings. The van der Waals surface area contributed by atoms with Gasteiger partial charge in [-0.1, -0.05) is 96.3 Å². The van der Waals surface area contributed by atoms with Crippen molar-refractivity contribution in [2.45, 2.75) is 114 Å². The zero-order valence-electron chi connectivity index (χ0n) is 22.8. The van der Waals surface area contributed by atoms with Crippen molar-refractivity contribution in [1.82, 2.24) is 0 Å². The van der Waals surface area contributed by atoms with Crippen molar-refractivity contribution >= 4 is 17.7 Å². The van der Waals surface area contributed by atoms with Crippen molar-refractivity contribution < 1.29 is 20.1 Å². The molecule has 1 aliphatic rings. The predicted octanol–water partition coefficient (Wildman–Crippen LogP) is 9.04. The average Bonchev–Trinajstić information content (AvgIpc) is 2.88. The SMILES string of the molecule is CCCCC(CCCCCCCCCCC1c2ccc(O)cc2SCC1(C)c1ccc(O)cc1)C(=O)O. The molecule has 0 spiro atoms. The Morgan fingerprint density at radius 1 is 0.892 bits per heavy atom. The lowest BCUT2D eigenvalue weighted by Crippen LogP contribution is -2.36. The molecular weight excluding hydrogens is 480 g/mol. The van der Waals surface area contributed by atoms with Gasteiger partial charge in [0.15, 0.2) is 0 Å². The number of aliphatic carboxylic acids is 1. The van der Waals surface area contributed by atoms with Gasteiger partial charge in [0, 0.05) is 16.1 Å². The first kappa shape index (κ1) is 29.4. The van der Waals surface area contributed by atoms with Crippen LogP contribution in [0.1, 0.15) is 114 Å². The molecule has 37 heavy (non-hydrogen) atoms. The molecule has 0 saturated heterocycles. The number of hydrogen-bond donors (Lipinski definition) is 3. The number of aromatic hydroxyl groups is 2. The number of carbonyl (C=O) groups is 1. The van der Waals surface area contributed by atoms with E-state index < -0.39 is 5.97 Å². The maximum absolute atomic E-state index is 11.4. The van der Waals surface area contributed by atoms with E-state index in [9.17, 15) is 20.1 Å². The highest BCUT2D eigenvalue weighted by Gasteiger charge is 2.41. The Balaban J connectivity index is 1.44. The molecule has 3 rings (SSSR count). The summed E-state index contributed by atoms with van der Waals surface area (Å²) >= 11 is 1.82. The first-order valence-electron chi connectivity index (χ1n) is 14.3. The van der Waals surface area contributed by atoms with Gasteiger partial charge in [-0.15, -0.1) is 11.8 Å². The largest absolute Gasteiger partial charge is 0.508 e. The van der Waals surface area contributed by atoms with Crippen LogP contribution in [0.4, 0.5) is 0 Å². The normalized spacial score (nSPS) is 19.9. The molecule has 1 heterocycles. The minimum absolute atomic E-state index is 0.0206. The minimum atomic E-state index is -0.619. The molecule has 0 saturated carbocycles. The van der Waals surface area contributed by atoms with Crippen LogP contribution in [-0.4, -0.2) is 27.0 Å². The van der Waals surface area contributed by atoms with Gasteiger partial charge < -0.3 is 15.3 Å². The Hall–Kier alpha value is -2.14. The quantitative estimate of drug-likeness (QED) is 0.190. The summed E-state index contributed by atoms with van der Waals surface area (Å²) in [4.78, 5) is 12.6. The summed E-state index contributed by atoms with van der Waals surface area (Å²) in [7, 11) is 0. The van der Waals surface area contributed by atoms with E-state index in [-0.39, 0.29) is 11.3 Å². The fourth-order valence-corrected chi connectivity index (χ4v) is 7.25. The number of carboxylic acids is 1. The Labute approximate surface area is 227 Å². The summed E-state index contributed by atoms with van der Waals surface area (Å²) in [6.07, 6.45) is 14.4. The summed E-state index contributed by atoms with van der Waals surface area (Å²) in [6, 6.07) is 13.6. The van der Waals surface area contributed by atoms with Gasteiger partial charge in [0.05, 0.1) is 5.92 Å². The number of fused-ring (bicyclic) bond motifs is 1. The molecule has 3 N–H and O–H groups in total. The Morgan fingerprint density at radius 2 is 1.49 bits per heavy atom. The average molecular weight is 527 g/mol. The number of carboxylic acid groups (broad SMARTS) is 1. The Kier molecular flexibility index (Phi) is 11.7. The van der Waals surface area contributed by atoms with Crippen molar-refractivity contribution in [2.75, 3.05) is 5.75 Å². The van der Waals surface area contributed by atoms with Crippen LogP contribution >= 0.6 is 11.8 Å². The molecule has 204 valence electrons. The molecule has 0 aliphatic carbocycles.